The number of hydrogen-bond donors (Lipinski definition) is 0. The number of unbranched alkanes of at least 4 members (excludes halogenated alkanes) is 3. The van der Waals surface area contributed by atoms with Crippen LogP contribution in [0.4, 0.5) is 4.79 Å². The molecule has 13 heavy (non-hydrogen) atoms. The molecule has 0 aromatic rings. The van der Waals surface area contributed by atoms with Crippen molar-refractivity contribution in [1.82, 2.24) is 0 Å². The van der Waals surface area contributed by atoms with E-state index in [1.807, 2.05) is 0 Å². The average molecular weight is 208 g/mol. The molecule has 0 N–H and O–H groups in total. The molecular formula is C8H17O4P. The molecule has 0 aromatic heterocycles. The van der Waals surface area contributed by atoms with Crippen molar-refractivity contribution in [3.8, 4) is 0 Å². The number of carbonyl (C=O) groups is 1. The zero-order valence-corrected chi connectivity index (χ0v) is 9.17. The van der Waals surface area contributed by atoms with Crippen molar-refractivity contribution in [2.24, 2.45) is 0 Å². The molecule has 1 atom stereocenters. The van der Waals surface area contributed by atoms with E-state index in [1.54, 1.807) is 0 Å². The maximum atomic E-state index is 10.9. The van der Waals surface area contributed by atoms with Crippen LogP contribution in [0.25, 0.3) is 0 Å². The third-order valence-corrected chi connectivity index (χ3v) is 2.59. The fourth-order valence-corrected chi connectivity index (χ4v) is 1.45. The highest BCUT2D eigenvalue weighted by molar-refractivity contribution is 7.58. The number of carbonyl (C=O) groups excluding carboxylic acids is 1. The lowest BCUT2D eigenvalue weighted by molar-refractivity contribution is 0.191. The first-order valence-corrected chi connectivity index (χ1v) is 5.79. The maximum Gasteiger partial charge on any atom is 0.388 e. The first-order chi connectivity index (χ1) is 6.22. The molecule has 0 radical (unpaired) electrons. The van der Waals surface area contributed by atoms with E-state index in [0.29, 0.717) is 6.61 Å². The van der Waals surface area contributed by atoms with Crippen LogP contribution in [0.3, 0.4) is 0 Å². The quantitative estimate of drug-likeness (QED) is 0.476. The summed E-state index contributed by atoms with van der Waals surface area (Å²) < 4.78 is 20.0. The summed E-state index contributed by atoms with van der Waals surface area (Å²) in [7, 11) is -1.42. The Kier molecular flexibility index (Phi) is 8.05. The molecule has 78 valence electrons. The molecule has 0 aliphatic rings. The van der Waals surface area contributed by atoms with Crippen molar-refractivity contribution >= 4 is 13.7 Å². The molecule has 0 saturated heterocycles. The van der Waals surface area contributed by atoms with Gasteiger partial charge in [0.15, 0.2) is 0 Å². The molecule has 0 bridgehead atoms. The number of hydrogen-bond acceptors (Lipinski definition) is 4. The summed E-state index contributed by atoms with van der Waals surface area (Å²) >= 11 is 0. The van der Waals surface area contributed by atoms with Crippen molar-refractivity contribution in [2.75, 3.05) is 13.7 Å². The normalized spacial score (nSPS) is 12.5. The van der Waals surface area contributed by atoms with Crippen LogP contribution in [0.15, 0.2) is 0 Å². The fraction of sp³-hybridized carbons (Fsp3) is 0.875. The number of methoxy groups -OCH3 is 1. The van der Waals surface area contributed by atoms with Crippen LogP contribution in [0.5, 0.6) is 0 Å². The van der Waals surface area contributed by atoms with Gasteiger partial charge in [-0.25, -0.2) is 4.79 Å². The van der Waals surface area contributed by atoms with Crippen molar-refractivity contribution in [3.05, 3.63) is 0 Å². The van der Waals surface area contributed by atoms with Crippen LogP contribution in [-0.4, -0.2) is 19.4 Å². The molecule has 0 rings (SSSR count). The van der Waals surface area contributed by atoms with Gasteiger partial charge in [0.2, 0.25) is 0 Å². The summed E-state index contributed by atoms with van der Waals surface area (Å²) in [5, 5.41) is 0. The second-order valence-electron chi connectivity index (χ2n) is 2.69. The smallest absolute Gasteiger partial charge is 0.388 e. The van der Waals surface area contributed by atoms with Crippen LogP contribution >= 0.6 is 8.03 Å². The standard InChI is InChI=1S/C8H17O4P/c1-3-4-5-6-7-12-13(10)8(9)11-2/h13H,3-7H2,1-2H3. The van der Waals surface area contributed by atoms with Gasteiger partial charge in [0.05, 0.1) is 13.7 Å². The molecular weight excluding hydrogens is 191 g/mol. The largest absolute Gasteiger partial charge is 0.462 e. The summed E-state index contributed by atoms with van der Waals surface area (Å²) in [5.74, 6) is 0. The van der Waals surface area contributed by atoms with Crippen LogP contribution in [0.1, 0.15) is 32.6 Å². The Morgan fingerprint density at radius 2 is 2.00 bits per heavy atom. The van der Waals surface area contributed by atoms with Crippen LogP contribution in [0, 0.1) is 0 Å². The predicted octanol–water partition coefficient (Wildman–Crippen LogP) is 2.82. The third kappa shape index (κ3) is 6.79. The molecule has 0 saturated carbocycles. The molecule has 4 nitrogen and oxygen atoms in total. The summed E-state index contributed by atoms with van der Waals surface area (Å²) in [6, 6.07) is 0. The second kappa shape index (κ2) is 8.27. The minimum Gasteiger partial charge on any atom is -0.462 e. The van der Waals surface area contributed by atoms with Crippen molar-refractivity contribution in [2.45, 2.75) is 32.6 Å². The molecule has 0 amide bonds. The van der Waals surface area contributed by atoms with E-state index < -0.39 is 13.7 Å². The lowest BCUT2D eigenvalue weighted by Crippen LogP contribution is -1.95. The van der Waals surface area contributed by atoms with Gasteiger partial charge in [-0.3, -0.25) is 4.57 Å². The average Bonchev–Trinajstić information content (AvgIpc) is 2.16. The zero-order valence-electron chi connectivity index (χ0n) is 8.17. The number of rotatable bonds is 7. The van der Waals surface area contributed by atoms with Gasteiger partial charge in [0, 0.05) is 0 Å². The van der Waals surface area contributed by atoms with Crippen LogP contribution in [-0.2, 0) is 13.8 Å². The molecule has 0 heterocycles. The first-order valence-electron chi connectivity index (χ1n) is 4.47. The molecule has 0 fully saturated rings. The molecule has 0 aliphatic heterocycles. The van der Waals surface area contributed by atoms with E-state index in [2.05, 4.69) is 11.7 Å². The zero-order chi connectivity index (χ0) is 10.1. The molecule has 0 spiro atoms. The lowest BCUT2D eigenvalue weighted by atomic mass is 10.2. The Bertz CT molecular complexity index is 170. The highest BCUT2D eigenvalue weighted by atomic mass is 31.1. The summed E-state index contributed by atoms with van der Waals surface area (Å²) in [6.07, 6.45) is 4.18. The van der Waals surface area contributed by atoms with Crippen LogP contribution < -0.4 is 0 Å². The van der Waals surface area contributed by atoms with Gasteiger partial charge >= 0.3 is 5.71 Å². The van der Waals surface area contributed by atoms with Gasteiger partial charge in [0.25, 0.3) is 8.03 Å². The monoisotopic (exact) mass is 208 g/mol. The highest BCUT2D eigenvalue weighted by Gasteiger charge is 2.10. The van der Waals surface area contributed by atoms with Gasteiger partial charge in [-0.2, -0.15) is 0 Å². The van der Waals surface area contributed by atoms with Crippen molar-refractivity contribution in [3.63, 3.8) is 0 Å². The van der Waals surface area contributed by atoms with E-state index >= 15 is 0 Å². The van der Waals surface area contributed by atoms with Gasteiger partial charge in [-0.05, 0) is 6.42 Å². The highest BCUT2D eigenvalue weighted by Crippen LogP contribution is 2.24. The van der Waals surface area contributed by atoms with Crippen molar-refractivity contribution < 1.29 is 18.6 Å². The SMILES string of the molecule is CCCCCCO[PH](=O)C(=O)OC. The second-order valence-corrected chi connectivity index (χ2v) is 3.96. The Morgan fingerprint density at radius 3 is 2.54 bits per heavy atom. The van der Waals surface area contributed by atoms with Gasteiger partial charge in [-0.1, -0.05) is 26.2 Å². The summed E-state index contributed by atoms with van der Waals surface area (Å²) in [6.45, 7) is 2.49. The minimum absolute atomic E-state index is 0.382. The Balaban J connectivity index is 3.32. The van der Waals surface area contributed by atoms with E-state index in [4.69, 9.17) is 4.52 Å². The first kappa shape index (κ1) is 12.7. The van der Waals surface area contributed by atoms with Gasteiger partial charge in [0.1, 0.15) is 0 Å². The summed E-state index contributed by atoms with van der Waals surface area (Å²) in [4.78, 5) is 10.6. The Labute approximate surface area is 79.5 Å². The number of ether oxygens (including phenoxy) is 1. The van der Waals surface area contributed by atoms with Crippen molar-refractivity contribution in [1.29, 1.82) is 0 Å². The van der Waals surface area contributed by atoms with Gasteiger partial charge < -0.3 is 9.26 Å². The van der Waals surface area contributed by atoms with Gasteiger partial charge in [-0.15, -0.1) is 0 Å². The lowest BCUT2D eigenvalue weighted by Gasteiger charge is -2.01. The molecule has 1 unspecified atom stereocenters. The predicted molar refractivity (Wildman–Crippen MR) is 51.5 cm³/mol. The van der Waals surface area contributed by atoms with Crippen LogP contribution in [0.2, 0.25) is 0 Å². The topological polar surface area (TPSA) is 52.6 Å². The fourth-order valence-electron chi connectivity index (χ4n) is 0.836. The summed E-state index contributed by atoms with van der Waals surface area (Å²) in [5.41, 5.74) is -0.750. The third-order valence-electron chi connectivity index (χ3n) is 1.58. The van der Waals surface area contributed by atoms with E-state index in [1.165, 1.54) is 7.11 Å². The Hall–Kier alpha value is -0.340. The molecule has 0 aromatic carbocycles. The Morgan fingerprint density at radius 1 is 1.31 bits per heavy atom. The van der Waals surface area contributed by atoms with E-state index in [0.717, 1.165) is 25.7 Å². The molecule has 0 aliphatic carbocycles. The molecule has 5 heteroatoms. The van der Waals surface area contributed by atoms with E-state index in [-0.39, 0.29) is 0 Å². The maximum absolute atomic E-state index is 10.9. The van der Waals surface area contributed by atoms with E-state index in [9.17, 15) is 9.36 Å². The minimum atomic E-state index is -2.62.